The standard InChI is InChI=1S/C34H47N5O5/c1-6-44-34(4,5)18-19-35-30(40)16-17-31(41)38-24-26-12-7-8-13-27(26)33-32(28-14-9-10-15-29(28)38)36-37-39(33)20-11-21-42-22-23-43-25(2)3/h7-10,12-15,25H,6,11,16-24H2,1-5H3,(H,35,40). The summed E-state index contributed by atoms with van der Waals surface area (Å²) >= 11 is 0. The van der Waals surface area contributed by atoms with Crippen LogP contribution < -0.4 is 10.2 Å². The first-order valence-electron chi connectivity index (χ1n) is 15.7. The molecule has 4 rings (SSSR count). The van der Waals surface area contributed by atoms with E-state index in [-0.39, 0.29) is 36.4 Å². The van der Waals surface area contributed by atoms with E-state index in [0.29, 0.717) is 52.5 Å². The number of carbonyl (C=O) groups is 2. The molecule has 2 aromatic carbocycles. The summed E-state index contributed by atoms with van der Waals surface area (Å²) in [7, 11) is 0. The molecule has 2 amide bonds. The number of ether oxygens (including phenoxy) is 3. The van der Waals surface area contributed by atoms with Crippen LogP contribution in [0.3, 0.4) is 0 Å². The fourth-order valence-electron chi connectivity index (χ4n) is 5.36. The number of aryl methyl sites for hydroxylation is 1. The van der Waals surface area contributed by atoms with Crippen LogP contribution in [0.1, 0.15) is 65.9 Å². The highest BCUT2D eigenvalue weighted by Crippen LogP contribution is 2.41. The van der Waals surface area contributed by atoms with E-state index in [0.717, 1.165) is 40.2 Å². The summed E-state index contributed by atoms with van der Waals surface area (Å²) in [6.45, 7) is 13.9. The fourth-order valence-corrected chi connectivity index (χ4v) is 5.36. The summed E-state index contributed by atoms with van der Waals surface area (Å²) in [5.41, 5.74) is 4.92. The topological polar surface area (TPSA) is 108 Å². The Morgan fingerprint density at radius 3 is 2.52 bits per heavy atom. The number of anilines is 1. The minimum atomic E-state index is -0.309. The SMILES string of the molecule is CCOC(C)(C)CCNC(=O)CCC(=O)N1Cc2ccccc2-c2c(nnn2CCCOCCOC(C)C)-c2ccccc21. The molecule has 44 heavy (non-hydrogen) atoms. The Morgan fingerprint density at radius 2 is 1.75 bits per heavy atom. The van der Waals surface area contributed by atoms with Gasteiger partial charge in [-0.05, 0) is 59.1 Å². The first-order chi connectivity index (χ1) is 21.2. The smallest absolute Gasteiger partial charge is 0.227 e. The molecule has 0 bridgehead atoms. The number of hydrogen-bond acceptors (Lipinski definition) is 7. The zero-order chi connectivity index (χ0) is 31.5. The maximum Gasteiger partial charge on any atom is 0.227 e. The fraction of sp³-hybridized carbons (Fsp3) is 0.529. The van der Waals surface area contributed by atoms with Crippen LogP contribution in [0.5, 0.6) is 0 Å². The minimum absolute atomic E-state index is 0.0962. The second-order valence-corrected chi connectivity index (χ2v) is 11.8. The molecule has 238 valence electrons. The molecule has 0 saturated carbocycles. The minimum Gasteiger partial charge on any atom is -0.379 e. The van der Waals surface area contributed by atoms with Crippen LogP contribution >= 0.6 is 0 Å². The molecule has 2 heterocycles. The summed E-state index contributed by atoms with van der Waals surface area (Å²) in [5.74, 6) is -0.264. The van der Waals surface area contributed by atoms with Crippen molar-refractivity contribution in [1.29, 1.82) is 0 Å². The third kappa shape index (κ3) is 8.97. The Bertz CT molecular complexity index is 1390. The molecule has 0 saturated heterocycles. The van der Waals surface area contributed by atoms with Crippen molar-refractivity contribution < 1.29 is 23.8 Å². The average Bonchev–Trinajstić information content (AvgIpc) is 3.40. The zero-order valence-electron chi connectivity index (χ0n) is 26.8. The van der Waals surface area contributed by atoms with Gasteiger partial charge in [-0.3, -0.25) is 9.59 Å². The van der Waals surface area contributed by atoms with E-state index in [2.05, 4.69) is 21.7 Å². The van der Waals surface area contributed by atoms with Gasteiger partial charge in [0.05, 0.1) is 42.8 Å². The van der Waals surface area contributed by atoms with Crippen molar-refractivity contribution in [2.45, 2.75) is 85.1 Å². The highest BCUT2D eigenvalue weighted by Gasteiger charge is 2.29. The van der Waals surface area contributed by atoms with Crippen LogP contribution in [0.25, 0.3) is 22.5 Å². The van der Waals surface area contributed by atoms with E-state index < -0.39 is 0 Å². The van der Waals surface area contributed by atoms with Crippen molar-refractivity contribution >= 4 is 17.5 Å². The van der Waals surface area contributed by atoms with Gasteiger partial charge < -0.3 is 24.4 Å². The Morgan fingerprint density at radius 1 is 1.00 bits per heavy atom. The van der Waals surface area contributed by atoms with Crippen LogP contribution in [-0.4, -0.2) is 71.5 Å². The van der Waals surface area contributed by atoms with Crippen molar-refractivity contribution in [2.75, 3.05) is 37.9 Å². The number of para-hydroxylation sites is 1. The van der Waals surface area contributed by atoms with Gasteiger partial charge in [0.2, 0.25) is 11.8 Å². The summed E-state index contributed by atoms with van der Waals surface area (Å²) in [6.07, 6.45) is 1.87. The summed E-state index contributed by atoms with van der Waals surface area (Å²) in [6, 6.07) is 15.9. The molecule has 10 heteroatoms. The number of carbonyl (C=O) groups excluding carboxylic acids is 2. The zero-order valence-corrected chi connectivity index (χ0v) is 26.8. The van der Waals surface area contributed by atoms with E-state index >= 15 is 0 Å². The van der Waals surface area contributed by atoms with Crippen LogP contribution in [-0.2, 0) is 36.9 Å². The van der Waals surface area contributed by atoms with Gasteiger partial charge in [0.15, 0.2) is 0 Å². The number of benzene rings is 2. The van der Waals surface area contributed by atoms with Crippen LogP contribution in [0, 0.1) is 0 Å². The van der Waals surface area contributed by atoms with Gasteiger partial charge in [-0.1, -0.05) is 47.7 Å². The lowest BCUT2D eigenvalue weighted by Crippen LogP contribution is -2.35. The van der Waals surface area contributed by atoms with Crippen LogP contribution in [0.4, 0.5) is 5.69 Å². The van der Waals surface area contributed by atoms with Gasteiger partial charge in [-0.2, -0.15) is 0 Å². The highest BCUT2D eigenvalue weighted by atomic mass is 16.5. The quantitative estimate of drug-likeness (QED) is 0.218. The van der Waals surface area contributed by atoms with E-state index in [1.807, 2.05) is 81.8 Å². The van der Waals surface area contributed by atoms with Gasteiger partial charge in [0.1, 0.15) is 5.69 Å². The highest BCUT2D eigenvalue weighted by molar-refractivity contribution is 6.01. The summed E-state index contributed by atoms with van der Waals surface area (Å²) in [4.78, 5) is 28.1. The third-order valence-corrected chi connectivity index (χ3v) is 7.57. The van der Waals surface area contributed by atoms with E-state index in [1.165, 1.54) is 0 Å². The number of fused-ring (bicyclic) bond motifs is 5. The maximum absolute atomic E-state index is 13.7. The number of nitrogens with one attached hydrogen (secondary N) is 1. The number of hydrogen-bond donors (Lipinski definition) is 1. The molecule has 1 aliphatic heterocycles. The molecule has 0 aliphatic carbocycles. The summed E-state index contributed by atoms with van der Waals surface area (Å²) < 4.78 is 19.0. The molecule has 0 atom stereocenters. The molecule has 3 aromatic rings. The molecule has 0 unspecified atom stereocenters. The van der Waals surface area contributed by atoms with Crippen molar-refractivity contribution in [3.05, 3.63) is 54.1 Å². The van der Waals surface area contributed by atoms with Gasteiger partial charge in [0, 0.05) is 50.3 Å². The van der Waals surface area contributed by atoms with E-state index in [9.17, 15) is 9.59 Å². The van der Waals surface area contributed by atoms with Gasteiger partial charge in [0.25, 0.3) is 0 Å². The van der Waals surface area contributed by atoms with Crippen molar-refractivity contribution in [3.8, 4) is 22.5 Å². The largest absolute Gasteiger partial charge is 0.379 e. The Kier molecular flexibility index (Phi) is 12.1. The average molecular weight is 606 g/mol. The normalized spacial score (nSPS) is 12.7. The molecule has 0 spiro atoms. The van der Waals surface area contributed by atoms with E-state index in [1.54, 1.807) is 4.90 Å². The van der Waals surface area contributed by atoms with E-state index in [4.69, 9.17) is 14.2 Å². The van der Waals surface area contributed by atoms with Gasteiger partial charge in [-0.25, -0.2) is 4.68 Å². The Labute approximate surface area is 261 Å². The lowest BCUT2D eigenvalue weighted by Gasteiger charge is -2.28. The Balaban J connectivity index is 1.48. The van der Waals surface area contributed by atoms with Crippen molar-refractivity contribution in [3.63, 3.8) is 0 Å². The lowest BCUT2D eigenvalue weighted by molar-refractivity contribution is -0.125. The molecular formula is C34H47N5O5. The lowest BCUT2D eigenvalue weighted by atomic mass is 9.95. The summed E-state index contributed by atoms with van der Waals surface area (Å²) in [5, 5.41) is 12.1. The second kappa shape index (κ2) is 15.9. The first kappa shape index (κ1) is 33.3. The third-order valence-electron chi connectivity index (χ3n) is 7.57. The number of amides is 2. The van der Waals surface area contributed by atoms with Crippen LogP contribution in [0.2, 0.25) is 0 Å². The monoisotopic (exact) mass is 605 g/mol. The van der Waals surface area contributed by atoms with Gasteiger partial charge >= 0.3 is 0 Å². The first-order valence-corrected chi connectivity index (χ1v) is 15.7. The number of nitrogens with zero attached hydrogens (tertiary/aromatic N) is 4. The maximum atomic E-state index is 13.7. The molecule has 10 nitrogen and oxygen atoms in total. The number of aromatic nitrogens is 3. The van der Waals surface area contributed by atoms with Crippen molar-refractivity contribution in [1.82, 2.24) is 20.3 Å². The van der Waals surface area contributed by atoms with Crippen molar-refractivity contribution in [2.24, 2.45) is 0 Å². The van der Waals surface area contributed by atoms with Crippen LogP contribution in [0.15, 0.2) is 48.5 Å². The molecular weight excluding hydrogens is 558 g/mol. The molecule has 1 N–H and O–H groups in total. The number of rotatable bonds is 16. The van der Waals surface area contributed by atoms with Gasteiger partial charge in [-0.15, -0.1) is 5.10 Å². The molecule has 0 radical (unpaired) electrons. The molecule has 1 aromatic heterocycles. The predicted molar refractivity (Wildman–Crippen MR) is 171 cm³/mol. The Hall–Kier alpha value is -3.60. The molecule has 0 fully saturated rings. The predicted octanol–water partition coefficient (Wildman–Crippen LogP) is 5.39. The second-order valence-electron chi connectivity index (χ2n) is 11.8. The molecule has 1 aliphatic rings.